The van der Waals surface area contributed by atoms with E-state index in [1.807, 2.05) is 35.2 Å². The van der Waals surface area contributed by atoms with Crippen molar-refractivity contribution in [2.24, 2.45) is 0 Å². The molecule has 1 N–H and O–H groups in total. The average molecular weight is 464 g/mol. The van der Waals surface area contributed by atoms with Gasteiger partial charge in [0.1, 0.15) is 5.01 Å². The van der Waals surface area contributed by atoms with Crippen LogP contribution in [0.1, 0.15) is 33.9 Å². The van der Waals surface area contributed by atoms with E-state index >= 15 is 0 Å². The Kier molecular flexibility index (Phi) is 5.82. The second-order valence-electron chi connectivity index (χ2n) is 8.32. The van der Waals surface area contributed by atoms with E-state index in [2.05, 4.69) is 23.2 Å². The van der Waals surface area contributed by atoms with Crippen LogP contribution >= 0.6 is 11.3 Å². The van der Waals surface area contributed by atoms with Crippen LogP contribution in [0.3, 0.4) is 0 Å². The fourth-order valence-electron chi connectivity index (χ4n) is 4.36. The van der Waals surface area contributed by atoms with E-state index in [9.17, 15) is 14.4 Å². The van der Waals surface area contributed by atoms with E-state index in [0.717, 1.165) is 28.5 Å². The minimum absolute atomic E-state index is 0.00372. The maximum atomic E-state index is 13.3. The van der Waals surface area contributed by atoms with Crippen LogP contribution in [0, 0.1) is 0 Å². The molecular formula is C24H25N5O3S. The van der Waals surface area contributed by atoms with Gasteiger partial charge in [0.05, 0.1) is 29.3 Å². The van der Waals surface area contributed by atoms with Crippen molar-refractivity contribution < 1.29 is 14.4 Å². The minimum atomic E-state index is -0.417. The van der Waals surface area contributed by atoms with Crippen molar-refractivity contribution in [3.05, 3.63) is 64.7 Å². The molecule has 0 radical (unpaired) electrons. The van der Waals surface area contributed by atoms with Gasteiger partial charge in [-0.2, -0.15) is 0 Å². The first-order valence-electron chi connectivity index (χ1n) is 11.1. The summed E-state index contributed by atoms with van der Waals surface area (Å²) in [6.45, 7) is 5.03. The third kappa shape index (κ3) is 4.21. The summed E-state index contributed by atoms with van der Waals surface area (Å²) >= 11 is 1.72. The summed E-state index contributed by atoms with van der Waals surface area (Å²) in [6, 6.07) is 15.1. The SMILES string of the molecule is CC(c1nc2ccccc2s1)N1CCN(C(=O)c2ccccc2CN2C(=O)CNC2=O)CC1. The van der Waals surface area contributed by atoms with Crippen molar-refractivity contribution in [1.82, 2.24) is 25.0 Å². The number of fused-ring (bicyclic) bond motifs is 1. The molecule has 2 aliphatic heterocycles. The molecule has 0 bridgehead atoms. The number of piperazine rings is 1. The van der Waals surface area contributed by atoms with Crippen LogP contribution < -0.4 is 5.32 Å². The predicted molar refractivity (Wildman–Crippen MR) is 126 cm³/mol. The van der Waals surface area contributed by atoms with Crippen molar-refractivity contribution in [2.45, 2.75) is 19.5 Å². The van der Waals surface area contributed by atoms with Crippen LogP contribution in [0.2, 0.25) is 0 Å². The number of hydrogen-bond acceptors (Lipinski definition) is 6. The van der Waals surface area contributed by atoms with Gasteiger partial charge in [0.2, 0.25) is 5.91 Å². The van der Waals surface area contributed by atoms with Gasteiger partial charge in [-0.25, -0.2) is 9.78 Å². The highest BCUT2D eigenvalue weighted by Gasteiger charge is 2.31. The summed E-state index contributed by atoms with van der Waals surface area (Å²) in [5.41, 5.74) is 2.25. The summed E-state index contributed by atoms with van der Waals surface area (Å²) in [7, 11) is 0. The monoisotopic (exact) mass is 463 g/mol. The number of thiazole rings is 1. The van der Waals surface area contributed by atoms with Crippen molar-refractivity contribution in [3.8, 4) is 0 Å². The standard InChI is InChI=1S/C24H25N5O3S/c1-16(22-26-19-8-4-5-9-20(19)33-22)27-10-12-28(13-11-27)23(31)18-7-3-2-6-17(18)15-29-21(30)14-25-24(29)32/h2-9,16H,10-15H2,1H3,(H,25,32). The molecular weight excluding hydrogens is 438 g/mol. The van der Waals surface area contributed by atoms with Gasteiger partial charge in [0.15, 0.2) is 0 Å². The second-order valence-corrected chi connectivity index (χ2v) is 9.38. The van der Waals surface area contributed by atoms with E-state index in [1.165, 1.54) is 4.70 Å². The van der Waals surface area contributed by atoms with Gasteiger partial charge < -0.3 is 10.2 Å². The molecule has 2 aliphatic rings. The molecule has 0 spiro atoms. The Morgan fingerprint density at radius 3 is 2.52 bits per heavy atom. The molecule has 5 rings (SSSR count). The van der Waals surface area contributed by atoms with E-state index in [0.29, 0.717) is 24.2 Å². The van der Waals surface area contributed by atoms with Crippen LogP contribution in [0.5, 0.6) is 0 Å². The summed E-state index contributed by atoms with van der Waals surface area (Å²) < 4.78 is 1.19. The molecule has 33 heavy (non-hydrogen) atoms. The Hall–Kier alpha value is -3.30. The Balaban J connectivity index is 1.25. The number of para-hydroxylation sites is 1. The van der Waals surface area contributed by atoms with Crippen molar-refractivity contribution in [2.75, 3.05) is 32.7 Å². The number of nitrogens with one attached hydrogen (secondary N) is 1. The zero-order chi connectivity index (χ0) is 22.9. The predicted octanol–water partition coefficient (Wildman–Crippen LogP) is 2.87. The molecule has 4 amide bonds. The van der Waals surface area contributed by atoms with Crippen molar-refractivity contribution in [1.29, 1.82) is 0 Å². The van der Waals surface area contributed by atoms with Crippen LogP contribution in [-0.2, 0) is 11.3 Å². The molecule has 9 heteroatoms. The lowest BCUT2D eigenvalue weighted by Crippen LogP contribution is -2.49. The molecule has 1 atom stereocenters. The van der Waals surface area contributed by atoms with E-state index < -0.39 is 6.03 Å². The van der Waals surface area contributed by atoms with Crippen molar-refractivity contribution in [3.63, 3.8) is 0 Å². The molecule has 170 valence electrons. The maximum Gasteiger partial charge on any atom is 0.324 e. The average Bonchev–Trinajstić information content (AvgIpc) is 3.42. The quantitative estimate of drug-likeness (QED) is 0.588. The Labute approximate surface area is 195 Å². The van der Waals surface area contributed by atoms with Gasteiger partial charge in [-0.05, 0) is 30.7 Å². The number of carbonyl (C=O) groups excluding carboxylic acids is 3. The van der Waals surface area contributed by atoms with E-state index in [4.69, 9.17) is 4.98 Å². The highest BCUT2D eigenvalue weighted by atomic mass is 32.1. The van der Waals surface area contributed by atoms with Gasteiger partial charge in [-0.1, -0.05) is 30.3 Å². The zero-order valence-electron chi connectivity index (χ0n) is 18.4. The molecule has 8 nitrogen and oxygen atoms in total. The van der Waals surface area contributed by atoms with Gasteiger partial charge in [-0.15, -0.1) is 11.3 Å². The molecule has 0 saturated carbocycles. The van der Waals surface area contributed by atoms with Crippen molar-refractivity contribution >= 4 is 39.4 Å². The highest BCUT2D eigenvalue weighted by molar-refractivity contribution is 7.18. The van der Waals surface area contributed by atoms with Gasteiger partial charge in [0, 0.05) is 31.7 Å². The summed E-state index contributed by atoms with van der Waals surface area (Å²) in [4.78, 5) is 47.4. The molecule has 1 aromatic heterocycles. The number of nitrogens with zero attached hydrogens (tertiary/aromatic N) is 4. The van der Waals surface area contributed by atoms with Gasteiger partial charge in [-0.3, -0.25) is 19.4 Å². The summed E-state index contributed by atoms with van der Waals surface area (Å²) in [5, 5.41) is 3.61. The van der Waals surface area contributed by atoms with Crippen LogP contribution in [0.4, 0.5) is 4.79 Å². The molecule has 2 aromatic carbocycles. The number of imide groups is 1. The van der Waals surface area contributed by atoms with Crippen LogP contribution in [0.15, 0.2) is 48.5 Å². The first-order chi connectivity index (χ1) is 16.0. The normalized spacial score (nSPS) is 18.1. The smallest absolute Gasteiger partial charge is 0.324 e. The van der Waals surface area contributed by atoms with Gasteiger partial charge in [0.25, 0.3) is 5.91 Å². The lowest BCUT2D eigenvalue weighted by atomic mass is 10.0. The Morgan fingerprint density at radius 2 is 1.79 bits per heavy atom. The molecule has 2 fully saturated rings. The Morgan fingerprint density at radius 1 is 1.06 bits per heavy atom. The molecule has 0 aliphatic carbocycles. The largest absolute Gasteiger partial charge is 0.336 e. The fourth-order valence-corrected chi connectivity index (χ4v) is 5.41. The summed E-state index contributed by atoms with van der Waals surface area (Å²) in [6.07, 6.45) is 0. The molecule has 2 saturated heterocycles. The number of hydrogen-bond donors (Lipinski definition) is 1. The van der Waals surface area contributed by atoms with E-state index in [-0.39, 0.29) is 30.9 Å². The topological polar surface area (TPSA) is 85.8 Å². The lowest BCUT2D eigenvalue weighted by Gasteiger charge is -2.37. The molecule has 1 unspecified atom stereocenters. The number of carbonyl (C=O) groups is 3. The number of amides is 4. The lowest BCUT2D eigenvalue weighted by molar-refractivity contribution is -0.125. The first-order valence-corrected chi connectivity index (χ1v) is 11.9. The molecule has 3 aromatic rings. The molecule has 3 heterocycles. The number of benzene rings is 2. The first kappa shape index (κ1) is 21.5. The Bertz CT molecular complexity index is 1170. The third-order valence-corrected chi connectivity index (χ3v) is 7.54. The fraction of sp³-hybridized carbons (Fsp3) is 0.333. The second kappa shape index (κ2) is 8.92. The summed E-state index contributed by atoms with van der Waals surface area (Å²) in [5.74, 6) is -0.343. The number of rotatable bonds is 5. The maximum absolute atomic E-state index is 13.3. The minimum Gasteiger partial charge on any atom is -0.336 e. The van der Waals surface area contributed by atoms with Crippen LogP contribution in [0.25, 0.3) is 10.2 Å². The zero-order valence-corrected chi connectivity index (χ0v) is 19.2. The van der Waals surface area contributed by atoms with E-state index in [1.54, 1.807) is 23.5 Å². The van der Waals surface area contributed by atoms with Gasteiger partial charge >= 0.3 is 6.03 Å². The number of urea groups is 1. The highest BCUT2D eigenvalue weighted by Crippen LogP contribution is 2.30. The number of aromatic nitrogens is 1. The van der Waals surface area contributed by atoms with Crippen LogP contribution in [-0.4, -0.2) is 70.3 Å². The third-order valence-electron chi connectivity index (χ3n) is 6.33.